The highest BCUT2D eigenvalue weighted by molar-refractivity contribution is 4.77. The summed E-state index contributed by atoms with van der Waals surface area (Å²) in [6.45, 7) is 6.92. The number of hydrogen-bond donors (Lipinski definition) is 0. The molecule has 1 aliphatic heterocycles. The Kier molecular flexibility index (Phi) is 5.93. The number of rotatable bonds is 5. The van der Waals surface area contributed by atoms with E-state index < -0.39 is 0 Å². The minimum absolute atomic E-state index is 0.0562. The van der Waals surface area contributed by atoms with Crippen molar-refractivity contribution in [3.8, 4) is 0 Å². The van der Waals surface area contributed by atoms with Crippen LogP contribution in [0.15, 0.2) is 0 Å². The van der Waals surface area contributed by atoms with Crippen LogP contribution in [0.4, 0.5) is 0 Å². The molecule has 0 aromatic rings. The molecule has 0 spiro atoms. The lowest BCUT2D eigenvalue weighted by molar-refractivity contribution is -0.231. The van der Waals surface area contributed by atoms with Gasteiger partial charge >= 0.3 is 0 Å². The Hall–Kier alpha value is -0.120. The zero-order valence-electron chi connectivity index (χ0n) is 11.9. The Morgan fingerprint density at radius 3 is 2.22 bits per heavy atom. The fourth-order valence-corrected chi connectivity index (χ4v) is 3.17. The van der Waals surface area contributed by atoms with Crippen LogP contribution < -0.4 is 0 Å². The SMILES string of the molecule is CCC[C@H]1CO[C@H]([C@H]2CC[C@H](OCC)CC2)OC1. The van der Waals surface area contributed by atoms with Crippen LogP contribution in [0.3, 0.4) is 0 Å². The van der Waals surface area contributed by atoms with Crippen LogP contribution in [0.1, 0.15) is 52.4 Å². The summed E-state index contributed by atoms with van der Waals surface area (Å²) >= 11 is 0. The monoisotopic (exact) mass is 256 g/mol. The van der Waals surface area contributed by atoms with Crippen LogP contribution in [0.2, 0.25) is 0 Å². The summed E-state index contributed by atoms with van der Waals surface area (Å²) in [6, 6.07) is 0. The second kappa shape index (κ2) is 7.46. The zero-order valence-corrected chi connectivity index (χ0v) is 11.9. The highest BCUT2D eigenvalue weighted by atomic mass is 16.7. The Balaban J connectivity index is 1.68. The topological polar surface area (TPSA) is 27.7 Å². The molecule has 1 saturated heterocycles. The van der Waals surface area contributed by atoms with Crippen LogP contribution >= 0.6 is 0 Å². The molecule has 0 atom stereocenters. The molecule has 1 aliphatic carbocycles. The van der Waals surface area contributed by atoms with E-state index in [1.165, 1.54) is 38.5 Å². The van der Waals surface area contributed by atoms with E-state index in [2.05, 4.69) is 13.8 Å². The maximum Gasteiger partial charge on any atom is 0.160 e. The van der Waals surface area contributed by atoms with Crippen molar-refractivity contribution in [2.45, 2.75) is 64.8 Å². The predicted molar refractivity (Wildman–Crippen MR) is 71.5 cm³/mol. The lowest BCUT2D eigenvalue weighted by Gasteiger charge is -2.37. The van der Waals surface area contributed by atoms with Crippen LogP contribution in [-0.4, -0.2) is 32.2 Å². The zero-order chi connectivity index (χ0) is 12.8. The molecule has 2 rings (SSSR count). The Labute approximate surface area is 111 Å². The van der Waals surface area contributed by atoms with Gasteiger partial charge in [0, 0.05) is 18.4 Å². The summed E-state index contributed by atoms with van der Waals surface area (Å²) in [6.07, 6.45) is 7.69. The third kappa shape index (κ3) is 3.94. The molecule has 3 nitrogen and oxygen atoms in total. The third-order valence-electron chi connectivity index (χ3n) is 4.20. The molecule has 0 aromatic heterocycles. The normalized spacial score (nSPS) is 37.7. The summed E-state index contributed by atoms with van der Waals surface area (Å²) in [4.78, 5) is 0. The van der Waals surface area contributed by atoms with Gasteiger partial charge in [-0.2, -0.15) is 0 Å². The van der Waals surface area contributed by atoms with Crippen molar-refractivity contribution in [2.75, 3.05) is 19.8 Å². The first-order valence-electron chi connectivity index (χ1n) is 7.68. The Bertz CT molecular complexity index is 192. The van der Waals surface area contributed by atoms with Crippen LogP contribution in [0.5, 0.6) is 0 Å². The summed E-state index contributed by atoms with van der Waals surface area (Å²) in [5.41, 5.74) is 0. The van der Waals surface area contributed by atoms with Crippen LogP contribution in [-0.2, 0) is 14.2 Å². The molecule has 0 bridgehead atoms. The van der Waals surface area contributed by atoms with Gasteiger partial charge in [0.2, 0.25) is 0 Å². The quantitative estimate of drug-likeness (QED) is 0.755. The number of ether oxygens (including phenoxy) is 3. The molecule has 0 radical (unpaired) electrons. The average Bonchev–Trinajstić information content (AvgIpc) is 2.41. The van der Waals surface area contributed by atoms with Crippen molar-refractivity contribution in [2.24, 2.45) is 11.8 Å². The maximum absolute atomic E-state index is 5.91. The van der Waals surface area contributed by atoms with E-state index in [0.717, 1.165) is 19.8 Å². The lowest BCUT2D eigenvalue weighted by Crippen LogP contribution is -2.39. The minimum Gasteiger partial charge on any atom is -0.379 e. The second-order valence-corrected chi connectivity index (χ2v) is 5.68. The van der Waals surface area contributed by atoms with Crippen molar-refractivity contribution in [1.82, 2.24) is 0 Å². The first-order valence-corrected chi connectivity index (χ1v) is 7.68. The van der Waals surface area contributed by atoms with Gasteiger partial charge in [-0.3, -0.25) is 0 Å². The predicted octanol–water partition coefficient (Wildman–Crippen LogP) is 3.37. The lowest BCUT2D eigenvalue weighted by atomic mass is 9.86. The standard InChI is InChI=1S/C15H28O3/c1-3-5-12-10-17-15(18-11-12)13-6-8-14(9-7-13)16-4-2/h12-15H,3-11H2,1-2H3/t12-,13-,14-,15-. The molecule has 3 heteroatoms. The van der Waals surface area contributed by atoms with Gasteiger partial charge in [-0.1, -0.05) is 13.3 Å². The van der Waals surface area contributed by atoms with Crippen molar-refractivity contribution in [1.29, 1.82) is 0 Å². The maximum atomic E-state index is 5.91. The highest BCUT2D eigenvalue weighted by Gasteiger charge is 2.32. The molecule has 2 fully saturated rings. The summed E-state index contributed by atoms with van der Waals surface area (Å²) in [7, 11) is 0. The highest BCUT2D eigenvalue weighted by Crippen LogP contribution is 2.32. The Morgan fingerprint density at radius 1 is 1.00 bits per heavy atom. The third-order valence-corrected chi connectivity index (χ3v) is 4.20. The molecule has 0 unspecified atom stereocenters. The molecular formula is C15H28O3. The molecule has 0 aromatic carbocycles. The molecule has 2 aliphatic rings. The van der Waals surface area contributed by atoms with Gasteiger partial charge in [-0.15, -0.1) is 0 Å². The number of hydrogen-bond acceptors (Lipinski definition) is 3. The molecule has 0 amide bonds. The van der Waals surface area contributed by atoms with E-state index >= 15 is 0 Å². The van der Waals surface area contributed by atoms with E-state index in [0.29, 0.717) is 17.9 Å². The molecule has 18 heavy (non-hydrogen) atoms. The van der Waals surface area contributed by atoms with Crippen molar-refractivity contribution < 1.29 is 14.2 Å². The van der Waals surface area contributed by atoms with Crippen molar-refractivity contribution >= 4 is 0 Å². The molecule has 1 heterocycles. The summed E-state index contributed by atoms with van der Waals surface area (Å²) in [5.74, 6) is 1.20. The average molecular weight is 256 g/mol. The van der Waals surface area contributed by atoms with E-state index in [1.807, 2.05) is 0 Å². The fraction of sp³-hybridized carbons (Fsp3) is 1.00. The van der Waals surface area contributed by atoms with Gasteiger partial charge in [0.25, 0.3) is 0 Å². The minimum atomic E-state index is 0.0562. The van der Waals surface area contributed by atoms with Crippen molar-refractivity contribution in [3.63, 3.8) is 0 Å². The van der Waals surface area contributed by atoms with E-state index in [1.54, 1.807) is 0 Å². The van der Waals surface area contributed by atoms with Gasteiger partial charge in [0.05, 0.1) is 19.3 Å². The summed E-state index contributed by atoms with van der Waals surface area (Å²) in [5, 5.41) is 0. The molecular weight excluding hydrogens is 228 g/mol. The Morgan fingerprint density at radius 2 is 1.67 bits per heavy atom. The van der Waals surface area contributed by atoms with E-state index in [4.69, 9.17) is 14.2 Å². The van der Waals surface area contributed by atoms with Gasteiger partial charge < -0.3 is 14.2 Å². The van der Waals surface area contributed by atoms with Gasteiger partial charge in [-0.25, -0.2) is 0 Å². The van der Waals surface area contributed by atoms with Crippen molar-refractivity contribution in [3.05, 3.63) is 0 Å². The molecule has 1 saturated carbocycles. The van der Waals surface area contributed by atoms with E-state index in [-0.39, 0.29) is 6.29 Å². The fourth-order valence-electron chi connectivity index (χ4n) is 3.17. The van der Waals surface area contributed by atoms with Gasteiger partial charge in [0.1, 0.15) is 0 Å². The molecule has 106 valence electrons. The molecule has 0 N–H and O–H groups in total. The smallest absolute Gasteiger partial charge is 0.160 e. The van der Waals surface area contributed by atoms with E-state index in [9.17, 15) is 0 Å². The first kappa shape index (κ1) is 14.3. The van der Waals surface area contributed by atoms with Gasteiger partial charge in [-0.05, 0) is 39.0 Å². The van der Waals surface area contributed by atoms with Gasteiger partial charge in [0.15, 0.2) is 6.29 Å². The second-order valence-electron chi connectivity index (χ2n) is 5.68. The largest absolute Gasteiger partial charge is 0.379 e. The summed E-state index contributed by atoms with van der Waals surface area (Å²) < 4.78 is 17.5. The van der Waals surface area contributed by atoms with Crippen LogP contribution in [0, 0.1) is 11.8 Å². The van der Waals surface area contributed by atoms with Crippen LogP contribution in [0.25, 0.3) is 0 Å². The first-order chi connectivity index (χ1) is 8.83.